The van der Waals surface area contributed by atoms with Gasteiger partial charge in [0.05, 0.1) is 0 Å². The quantitative estimate of drug-likeness (QED) is 0.784. The lowest BCUT2D eigenvalue weighted by atomic mass is 10.1. The van der Waals surface area contributed by atoms with Crippen LogP contribution in [0.25, 0.3) is 0 Å². The molecule has 2 rings (SSSR count). The summed E-state index contributed by atoms with van der Waals surface area (Å²) in [4.78, 5) is 8.72. The first kappa shape index (κ1) is 10.4. The van der Waals surface area contributed by atoms with Gasteiger partial charge < -0.3 is 10.6 Å². The van der Waals surface area contributed by atoms with Gasteiger partial charge >= 0.3 is 0 Å². The molecule has 4 heteroatoms. The van der Waals surface area contributed by atoms with E-state index in [1.165, 1.54) is 0 Å². The van der Waals surface area contributed by atoms with Crippen LogP contribution in [0.3, 0.4) is 0 Å². The lowest BCUT2D eigenvalue weighted by Gasteiger charge is -2.12. The second-order valence-corrected chi connectivity index (χ2v) is 4.29. The molecule has 0 radical (unpaired) electrons. The van der Waals surface area contributed by atoms with E-state index >= 15 is 0 Å². The zero-order valence-corrected chi connectivity index (χ0v) is 9.33. The zero-order valence-electron chi connectivity index (χ0n) is 9.33. The molecule has 82 valence electrons. The van der Waals surface area contributed by atoms with Crippen LogP contribution in [0, 0.1) is 0 Å². The van der Waals surface area contributed by atoms with Crippen molar-refractivity contribution in [1.82, 2.24) is 15.3 Å². The number of aromatic nitrogens is 2. The largest absolute Gasteiger partial charge is 0.350 e. The summed E-state index contributed by atoms with van der Waals surface area (Å²) in [6.07, 6.45) is 2.97. The fourth-order valence-corrected chi connectivity index (χ4v) is 1.72. The third-order valence-electron chi connectivity index (χ3n) is 2.66. The van der Waals surface area contributed by atoms with Crippen LogP contribution in [0.15, 0.2) is 12.3 Å². The van der Waals surface area contributed by atoms with Gasteiger partial charge in [0.15, 0.2) is 0 Å². The Morgan fingerprint density at radius 1 is 1.53 bits per heavy atom. The topological polar surface area (TPSA) is 49.8 Å². The molecule has 0 aromatic carbocycles. The fourth-order valence-electron chi connectivity index (χ4n) is 1.72. The lowest BCUT2D eigenvalue weighted by Crippen LogP contribution is -2.23. The molecule has 0 saturated carbocycles. The van der Waals surface area contributed by atoms with Crippen LogP contribution in [0.4, 0.5) is 5.95 Å². The molecule has 2 heterocycles. The van der Waals surface area contributed by atoms with Crippen LogP contribution in [0.1, 0.15) is 31.9 Å². The molecule has 15 heavy (non-hydrogen) atoms. The molecule has 1 aliphatic rings. The van der Waals surface area contributed by atoms with Crippen LogP contribution < -0.4 is 10.6 Å². The van der Waals surface area contributed by atoms with E-state index in [2.05, 4.69) is 34.4 Å². The highest BCUT2D eigenvalue weighted by molar-refractivity contribution is 5.28. The highest BCUT2D eigenvalue weighted by atomic mass is 15.1. The van der Waals surface area contributed by atoms with Gasteiger partial charge in [0.1, 0.15) is 0 Å². The first-order valence-electron chi connectivity index (χ1n) is 5.56. The van der Waals surface area contributed by atoms with Crippen molar-refractivity contribution in [2.24, 2.45) is 0 Å². The lowest BCUT2D eigenvalue weighted by molar-refractivity contribution is 0.765. The standard InChI is InChI=1S/C11H18N4/c1-8(2)10-4-6-13-11(15-10)14-9-3-5-12-7-9/h4,6,8-9,12H,3,5,7H2,1-2H3,(H,13,14,15). The fraction of sp³-hybridized carbons (Fsp3) is 0.636. The Kier molecular flexibility index (Phi) is 3.16. The summed E-state index contributed by atoms with van der Waals surface area (Å²) in [5.41, 5.74) is 1.10. The SMILES string of the molecule is CC(C)c1ccnc(NC2CCNC2)n1. The molecule has 0 amide bonds. The van der Waals surface area contributed by atoms with E-state index in [0.717, 1.165) is 31.2 Å². The van der Waals surface area contributed by atoms with Crippen molar-refractivity contribution in [2.75, 3.05) is 18.4 Å². The average molecular weight is 206 g/mol. The number of hydrogen-bond donors (Lipinski definition) is 2. The van der Waals surface area contributed by atoms with Crippen molar-refractivity contribution in [3.8, 4) is 0 Å². The Hall–Kier alpha value is -1.16. The van der Waals surface area contributed by atoms with E-state index < -0.39 is 0 Å². The van der Waals surface area contributed by atoms with Crippen LogP contribution in [-0.4, -0.2) is 29.1 Å². The molecular weight excluding hydrogens is 188 g/mol. The van der Waals surface area contributed by atoms with Crippen LogP contribution in [0.2, 0.25) is 0 Å². The van der Waals surface area contributed by atoms with Gasteiger partial charge in [-0.25, -0.2) is 9.97 Å². The first-order chi connectivity index (χ1) is 7.25. The minimum atomic E-state index is 0.454. The maximum Gasteiger partial charge on any atom is 0.223 e. The normalized spacial score (nSPS) is 20.9. The Morgan fingerprint density at radius 2 is 2.40 bits per heavy atom. The maximum atomic E-state index is 4.49. The molecule has 1 saturated heterocycles. The highest BCUT2D eigenvalue weighted by Gasteiger charge is 2.15. The van der Waals surface area contributed by atoms with Crippen molar-refractivity contribution in [2.45, 2.75) is 32.2 Å². The summed E-state index contributed by atoms with van der Waals surface area (Å²) in [5.74, 6) is 1.21. The van der Waals surface area contributed by atoms with E-state index in [0.29, 0.717) is 12.0 Å². The molecule has 1 aromatic heterocycles. The predicted octanol–water partition coefficient (Wildman–Crippen LogP) is 1.37. The number of nitrogens with zero attached hydrogens (tertiary/aromatic N) is 2. The summed E-state index contributed by atoms with van der Waals surface area (Å²) in [7, 11) is 0. The molecule has 2 N–H and O–H groups in total. The Morgan fingerprint density at radius 3 is 3.07 bits per heavy atom. The number of anilines is 1. The minimum Gasteiger partial charge on any atom is -0.350 e. The second-order valence-electron chi connectivity index (χ2n) is 4.29. The molecule has 0 aliphatic carbocycles. The molecular formula is C11H18N4. The van der Waals surface area contributed by atoms with E-state index in [1.807, 2.05) is 12.3 Å². The Bertz CT molecular complexity index is 318. The van der Waals surface area contributed by atoms with E-state index in [4.69, 9.17) is 0 Å². The van der Waals surface area contributed by atoms with E-state index in [1.54, 1.807) is 0 Å². The monoisotopic (exact) mass is 206 g/mol. The van der Waals surface area contributed by atoms with Gasteiger partial charge in [0, 0.05) is 24.5 Å². The predicted molar refractivity (Wildman–Crippen MR) is 61.0 cm³/mol. The zero-order chi connectivity index (χ0) is 10.7. The van der Waals surface area contributed by atoms with Crippen LogP contribution in [0.5, 0.6) is 0 Å². The smallest absolute Gasteiger partial charge is 0.223 e. The summed E-state index contributed by atoms with van der Waals surface area (Å²) in [6.45, 7) is 6.38. The van der Waals surface area contributed by atoms with Gasteiger partial charge in [-0.3, -0.25) is 0 Å². The molecule has 0 spiro atoms. The Labute approximate surface area is 90.5 Å². The van der Waals surface area contributed by atoms with Gasteiger partial charge in [0.2, 0.25) is 5.95 Å². The molecule has 1 aliphatic heterocycles. The Balaban J connectivity index is 2.04. The molecule has 0 bridgehead atoms. The number of nitrogens with one attached hydrogen (secondary N) is 2. The van der Waals surface area contributed by atoms with Gasteiger partial charge in [-0.15, -0.1) is 0 Å². The third kappa shape index (κ3) is 2.65. The minimum absolute atomic E-state index is 0.454. The molecule has 1 fully saturated rings. The molecule has 1 atom stereocenters. The van der Waals surface area contributed by atoms with E-state index in [9.17, 15) is 0 Å². The number of hydrogen-bond acceptors (Lipinski definition) is 4. The summed E-state index contributed by atoms with van der Waals surface area (Å²) in [5, 5.41) is 6.66. The van der Waals surface area contributed by atoms with Crippen LogP contribution >= 0.6 is 0 Å². The van der Waals surface area contributed by atoms with Crippen molar-refractivity contribution >= 4 is 5.95 Å². The van der Waals surface area contributed by atoms with Gasteiger partial charge in [-0.05, 0) is 24.9 Å². The summed E-state index contributed by atoms with van der Waals surface area (Å²) in [6, 6.07) is 2.45. The van der Waals surface area contributed by atoms with Crippen molar-refractivity contribution < 1.29 is 0 Å². The summed E-state index contributed by atoms with van der Waals surface area (Å²) < 4.78 is 0. The summed E-state index contributed by atoms with van der Waals surface area (Å²) >= 11 is 0. The van der Waals surface area contributed by atoms with Crippen LogP contribution in [-0.2, 0) is 0 Å². The van der Waals surface area contributed by atoms with Crippen molar-refractivity contribution in [3.05, 3.63) is 18.0 Å². The van der Waals surface area contributed by atoms with Crippen molar-refractivity contribution in [3.63, 3.8) is 0 Å². The second kappa shape index (κ2) is 4.57. The van der Waals surface area contributed by atoms with Gasteiger partial charge in [0.25, 0.3) is 0 Å². The average Bonchev–Trinajstić information content (AvgIpc) is 2.71. The first-order valence-corrected chi connectivity index (χ1v) is 5.56. The number of rotatable bonds is 3. The highest BCUT2D eigenvalue weighted by Crippen LogP contribution is 2.13. The van der Waals surface area contributed by atoms with Gasteiger partial charge in [-0.1, -0.05) is 13.8 Å². The molecule has 4 nitrogen and oxygen atoms in total. The van der Waals surface area contributed by atoms with E-state index in [-0.39, 0.29) is 0 Å². The van der Waals surface area contributed by atoms with Gasteiger partial charge in [-0.2, -0.15) is 0 Å². The maximum absolute atomic E-state index is 4.49. The third-order valence-corrected chi connectivity index (χ3v) is 2.66. The molecule has 1 aromatic rings. The molecule has 1 unspecified atom stereocenters. The van der Waals surface area contributed by atoms with Crippen molar-refractivity contribution in [1.29, 1.82) is 0 Å².